The van der Waals surface area contributed by atoms with E-state index < -0.39 is 11.7 Å². The van der Waals surface area contributed by atoms with Crippen molar-refractivity contribution < 1.29 is 18.3 Å². The first kappa shape index (κ1) is 16.3. The van der Waals surface area contributed by atoms with E-state index in [9.17, 15) is 13.2 Å². The molecule has 0 spiro atoms. The summed E-state index contributed by atoms with van der Waals surface area (Å²) in [5.74, 6) is 0.162. The van der Waals surface area contributed by atoms with Gasteiger partial charge < -0.3 is 10.4 Å². The van der Waals surface area contributed by atoms with Gasteiger partial charge in [0.1, 0.15) is 0 Å². The Hall–Kier alpha value is -0.750. The zero-order valence-electron chi connectivity index (χ0n) is 10.6. The molecule has 6 heteroatoms. The van der Waals surface area contributed by atoms with Crippen LogP contribution in [0.4, 0.5) is 18.9 Å². The molecule has 0 saturated heterocycles. The third-order valence-electron chi connectivity index (χ3n) is 2.98. The molecule has 0 amide bonds. The summed E-state index contributed by atoms with van der Waals surface area (Å²) >= 11 is 3.05. The van der Waals surface area contributed by atoms with E-state index in [1.165, 1.54) is 6.07 Å². The molecule has 1 unspecified atom stereocenters. The average Bonchev–Trinajstić information content (AvgIpc) is 2.34. The lowest BCUT2D eigenvalue weighted by Gasteiger charge is -2.19. The van der Waals surface area contributed by atoms with Gasteiger partial charge in [0.15, 0.2) is 0 Å². The van der Waals surface area contributed by atoms with Gasteiger partial charge in [-0.1, -0.05) is 29.3 Å². The summed E-state index contributed by atoms with van der Waals surface area (Å²) in [5, 5.41) is 11.7. The number of nitrogens with one attached hydrogen (secondary N) is 1. The number of hydrogen-bond acceptors (Lipinski definition) is 2. The van der Waals surface area contributed by atoms with Crippen LogP contribution in [-0.2, 0) is 6.18 Å². The van der Waals surface area contributed by atoms with Crippen molar-refractivity contribution in [1.29, 1.82) is 0 Å². The Balaban J connectivity index is 2.83. The second kappa shape index (κ2) is 7.14. The van der Waals surface area contributed by atoms with Gasteiger partial charge in [0.25, 0.3) is 0 Å². The van der Waals surface area contributed by atoms with Crippen LogP contribution < -0.4 is 5.32 Å². The molecule has 0 aliphatic heterocycles. The van der Waals surface area contributed by atoms with Crippen LogP contribution in [0.25, 0.3) is 0 Å². The van der Waals surface area contributed by atoms with Crippen molar-refractivity contribution in [3.63, 3.8) is 0 Å². The summed E-state index contributed by atoms with van der Waals surface area (Å²) in [6.45, 7) is 2.42. The molecule has 0 fully saturated rings. The lowest BCUT2D eigenvalue weighted by Crippen LogP contribution is -2.18. The normalized spacial score (nSPS) is 13.4. The molecule has 0 bridgehead atoms. The van der Waals surface area contributed by atoms with Gasteiger partial charge in [-0.2, -0.15) is 13.2 Å². The summed E-state index contributed by atoms with van der Waals surface area (Å²) < 4.78 is 39.0. The van der Waals surface area contributed by atoms with Crippen LogP contribution in [0.2, 0.25) is 0 Å². The van der Waals surface area contributed by atoms with Gasteiger partial charge in [0.05, 0.1) is 5.56 Å². The maximum atomic E-state index is 12.9. The smallest absolute Gasteiger partial charge is 0.396 e. The first-order valence-corrected chi connectivity index (χ1v) is 6.89. The fourth-order valence-corrected chi connectivity index (χ4v) is 2.15. The van der Waals surface area contributed by atoms with Crippen LogP contribution in [0, 0.1) is 5.92 Å². The second-order valence-corrected chi connectivity index (χ2v) is 5.27. The van der Waals surface area contributed by atoms with Gasteiger partial charge in [0.2, 0.25) is 0 Å². The number of rotatable bonds is 6. The minimum Gasteiger partial charge on any atom is -0.396 e. The van der Waals surface area contributed by atoms with E-state index in [4.69, 9.17) is 5.11 Å². The van der Waals surface area contributed by atoms with Crippen molar-refractivity contribution in [3.05, 3.63) is 28.2 Å². The minimum absolute atomic E-state index is 0.0483. The van der Waals surface area contributed by atoms with Crippen molar-refractivity contribution in [2.45, 2.75) is 25.9 Å². The standard InChI is InChI=1S/C13H17BrF3NO/c1-2-9(5-6-19)8-18-12-4-3-10(14)7-11(12)13(15,16)17/h3-4,7,9,18-19H,2,5-6,8H2,1H3. The van der Waals surface area contributed by atoms with Crippen molar-refractivity contribution in [2.24, 2.45) is 5.92 Å². The zero-order valence-corrected chi connectivity index (χ0v) is 12.2. The van der Waals surface area contributed by atoms with Crippen LogP contribution in [0.1, 0.15) is 25.3 Å². The highest BCUT2D eigenvalue weighted by atomic mass is 79.9. The van der Waals surface area contributed by atoms with Crippen LogP contribution in [0.5, 0.6) is 0 Å². The topological polar surface area (TPSA) is 32.3 Å². The molecule has 0 aliphatic carbocycles. The Morgan fingerprint density at radius 1 is 1.37 bits per heavy atom. The van der Waals surface area contributed by atoms with E-state index >= 15 is 0 Å². The average molecular weight is 340 g/mol. The summed E-state index contributed by atoms with van der Waals surface area (Å²) in [5.41, 5.74) is -0.604. The molecule has 0 heterocycles. The van der Waals surface area contributed by atoms with Crippen LogP contribution in [0.15, 0.2) is 22.7 Å². The van der Waals surface area contributed by atoms with Gasteiger partial charge in [-0.3, -0.25) is 0 Å². The number of halogens is 4. The molecule has 0 radical (unpaired) electrons. The Kier molecular flexibility index (Phi) is 6.13. The molecule has 2 nitrogen and oxygen atoms in total. The number of aliphatic hydroxyl groups is 1. The van der Waals surface area contributed by atoms with Crippen molar-refractivity contribution in [3.8, 4) is 0 Å². The summed E-state index contributed by atoms with van der Waals surface area (Å²) in [6, 6.07) is 4.05. The van der Waals surface area contributed by atoms with E-state index in [2.05, 4.69) is 21.2 Å². The summed E-state index contributed by atoms with van der Waals surface area (Å²) in [4.78, 5) is 0. The Morgan fingerprint density at radius 3 is 2.58 bits per heavy atom. The number of aliphatic hydroxyl groups excluding tert-OH is 1. The van der Waals surface area contributed by atoms with Crippen LogP contribution >= 0.6 is 15.9 Å². The van der Waals surface area contributed by atoms with Gasteiger partial charge in [-0.05, 0) is 30.5 Å². The molecule has 1 aromatic carbocycles. The molecule has 108 valence electrons. The van der Waals surface area contributed by atoms with E-state index in [0.29, 0.717) is 17.4 Å². The van der Waals surface area contributed by atoms with Gasteiger partial charge in [-0.15, -0.1) is 0 Å². The molecule has 0 aliphatic rings. The monoisotopic (exact) mass is 339 g/mol. The molecular weight excluding hydrogens is 323 g/mol. The number of benzene rings is 1. The molecular formula is C13H17BrF3NO. The first-order chi connectivity index (χ1) is 8.88. The second-order valence-electron chi connectivity index (χ2n) is 4.36. The Morgan fingerprint density at radius 2 is 2.05 bits per heavy atom. The van der Waals surface area contributed by atoms with E-state index in [-0.39, 0.29) is 18.2 Å². The summed E-state index contributed by atoms with van der Waals surface area (Å²) in [7, 11) is 0. The van der Waals surface area contributed by atoms with Crippen LogP contribution in [0.3, 0.4) is 0 Å². The van der Waals surface area contributed by atoms with E-state index in [1.807, 2.05) is 6.92 Å². The molecule has 1 aromatic rings. The lowest BCUT2D eigenvalue weighted by molar-refractivity contribution is -0.137. The molecule has 2 N–H and O–H groups in total. The molecule has 1 rings (SSSR count). The molecule has 0 saturated carbocycles. The van der Waals surface area contributed by atoms with Gasteiger partial charge >= 0.3 is 6.18 Å². The lowest BCUT2D eigenvalue weighted by atomic mass is 10.0. The third kappa shape index (κ3) is 5.03. The predicted octanol–water partition coefficient (Wildman–Crippen LogP) is 4.29. The van der Waals surface area contributed by atoms with Gasteiger partial charge in [0, 0.05) is 23.3 Å². The highest BCUT2D eigenvalue weighted by Gasteiger charge is 2.33. The van der Waals surface area contributed by atoms with Crippen molar-refractivity contribution in [2.75, 3.05) is 18.5 Å². The largest absolute Gasteiger partial charge is 0.418 e. The quantitative estimate of drug-likeness (QED) is 0.810. The Bertz CT molecular complexity index is 409. The predicted molar refractivity (Wildman–Crippen MR) is 73.1 cm³/mol. The van der Waals surface area contributed by atoms with E-state index in [0.717, 1.165) is 12.5 Å². The van der Waals surface area contributed by atoms with Crippen LogP contribution in [-0.4, -0.2) is 18.3 Å². The first-order valence-electron chi connectivity index (χ1n) is 6.10. The Labute approximate surface area is 119 Å². The fraction of sp³-hybridized carbons (Fsp3) is 0.538. The molecule has 19 heavy (non-hydrogen) atoms. The highest BCUT2D eigenvalue weighted by Crippen LogP contribution is 2.36. The molecule has 0 aromatic heterocycles. The maximum Gasteiger partial charge on any atom is 0.418 e. The third-order valence-corrected chi connectivity index (χ3v) is 3.48. The van der Waals surface area contributed by atoms with E-state index in [1.54, 1.807) is 6.07 Å². The van der Waals surface area contributed by atoms with Gasteiger partial charge in [-0.25, -0.2) is 0 Å². The summed E-state index contributed by atoms with van der Waals surface area (Å²) in [6.07, 6.45) is -2.99. The number of alkyl halides is 3. The fourth-order valence-electron chi connectivity index (χ4n) is 1.79. The molecule has 1 atom stereocenters. The number of hydrogen-bond donors (Lipinski definition) is 2. The SMILES string of the molecule is CCC(CCO)CNc1ccc(Br)cc1C(F)(F)F. The maximum absolute atomic E-state index is 12.9. The van der Waals surface area contributed by atoms with Crippen molar-refractivity contribution >= 4 is 21.6 Å². The zero-order chi connectivity index (χ0) is 14.5. The van der Waals surface area contributed by atoms with Crippen molar-refractivity contribution in [1.82, 2.24) is 0 Å². The minimum atomic E-state index is -4.38. The highest BCUT2D eigenvalue weighted by molar-refractivity contribution is 9.10. The number of anilines is 1.